The quantitative estimate of drug-likeness (QED) is 0.587. The van der Waals surface area contributed by atoms with Crippen molar-refractivity contribution in [1.82, 2.24) is 4.90 Å². The molecule has 1 aliphatic rings. The first kappa shape index (κ1) is 24.7. The minimum atomic E-state index is -0.658. The summed E-state index contributed by atoms with van der Waals surface area (Å²) >= 11 is 5.91. The summed E-state index contributed by atoms with van der Waals surface area (Å²) in [6.07, 6.45) is 0. The van der Waals surface area contributed by atoms with Gasteiger partial charge in [-0.2, -0.15) is 0 Å². The molecule has 2 aromatic carbocycles. The average molecular weight is 473 g/mol. The van der Waals surface area contributed by atoms with Gasteiger partial charge in [-0.25, -0.2) is 0 Å². The highest BCUT2D eigenvalue weighted by atomic mass is 35.5. The maximum Gasteiger partial charge on any atom is 0.256 e. The van der Waals surface area contributed by atoms with Gasteiger partial charge >= 0.3 is 0 Å². The monoisotopic (exact) mass is 472 g/mol. The third-order valence-electron chi connectivity index (χ3n) is 5.95. The molecule has 1 unspecified atom stereocenters. The van der Waals surface area contributed by atoms with E-state index in [4.69, 9.17) is 16.3 Å². The number of nitrogens with zero attached hydrogens (tertiary/aromatic N) is 3. The standard InChI is InChI=1S/C25H33ClN4O3/c1-5-28(6-2)25(32)20-17-19(27-24(31)18(3)26)11-12-21(20)29-13-15-30(16-14-29)22-9-7-8-10-23(22)33-4/h7-12,17-18H,5-6,13-16H2,1-4H3,(H,27,31). The zero-order valence-corrected chi connectivity index (χ0v) is 20.6. The van der Waals surface area contributed by atoms with Crippen LogP contribution in [0.15, 0.2) is 42.5 Å². The minimum Gasteiger partial charge on any atom is -0.495 e. The number of para-hydroxylation sites is 2. The van der Waals surface area contributed by atoms with Gasteiger partial charge in [-0.15, -0.1) is 11.6 Å². The maximum atomic E-state index is 13.3. The zero-order valence-electron chi connectivity index (χ0n) is 19.8. The summed E-state index contributed by atoms with van der Waals surface area (Å²) in [6.45, 7) is 9.93. The van der Waals surface area contributed by atoms with E-state index in [-0.39, 0.29) is 11.8 Å². The summed E-state index contributed by atoms with van der Waals surface area (Å²) in [7, 11) is 1.69. The van der Waals surface area contributed by atoms with Crippen LogP contribution in [0, 0.1) is 0 Å². The number of rotatable bonds is 8. The number of methoxy groups -OCH3 is 1. The molecule has 1 heterocycles. The second-order valence-corrected chi connectivity index (χ2v) is 8.62. The predicted octanol–water partition coefficient (Wildman–Crippen LogP) is 4.07. The summed E-state index contributed by atoms with van der Waals surface area (Å²) in [5.41, 5.74) is 3.11. The van der Waals surface area contributed by atoms with Crippen molar-refractivity contribution in [2.75, 3.05) is 61.5 Å². The Balaban J connectivity index is 1.85. The van der Waals surface area contributed by atoms with Crippen LogP contribution in [0.5, 0.6) is 5.75 Å². The van der Waals surface area contributed by atoms with E-state index in [1.54, 1.807) is 25.0 Å². The summed E-state index contributed by atoms with van der Waals surface area (Å²) in [4.78, 5) is 31.8. The smallest absolute Gasteiger partial charge is 0.256 e. The fourth-order valence-corrected chi connectivity index (χ4v) is 4.12. The number of ether oxygens (including phenoxy) is 1. The number of alkyl halides is 1. The van der Waals surface area contributed by atoms with Crippen LogP contribution in [0.3, 0.4) is 0 Å². The van der Waals surface area contributed by atoms with E-state index in [2.05, 4.69) is 21.2 Å². The van der Waals surface area contributed by atoms with Crippen LogP contribution in [-0.4, -0.2) is 68.5 Å². The first-order valence-electron chi connectivity index (χ1n) is 11.4. The lowest BCUT2D eigenvalue weighted by Gasteiger charge is -2.38. The molecule has 0 radical (unpaired) electrons. The number of amides is 2. The fourth-order valence-electron chi connectivity index (χ4n) is 4.06. The molecule has 8 heteroatoms. The number of anilines is 3. The van der Waals surface area contributed by atoms with Crippen LogP contribution < -0.4 is 19.9 Å². The maximum absolute atomic E-state index is 13.3. The highest BCUT2D eigenvalue weighted by Crippen LogP contribution is 2.31. The average Bonchev–Trinajstić information content (AvgIpc) is 2.84. The van der Waals surface area contributed by atoms with Crippen molar-refractivity contribution < 1.29 is 14.3 Å². The van der Waals surface area contributed by atoms with Gasteiger partial charge in [0.25, 0.3) is 5.91 Å². The number of hydrogen-bond donors (Lipinski definition) is 1. The molecule has 1 atom stereocenters. The van der Waals surface area contributed by atoms with Crippen LogP contribution in [0.1, 0.15) is 31.1 Å². The van der Waals surface area contributed by atoms with Gasteiger partial charge < -0.3 is 24.8 Å². The van der Waals surface area contributed by atoms with E-state index in [1.807, 2.05) is 44.2 Å². The normalized spacial score (nSPS) is 14.6. The van der Waals surface area contributed by atoms with Gasteiger partial charge in [0, 0.05) is 50.6 Å². The Morgan fingerprint density at radius 2 is 1.64 bits per heavy atom. The van der Waals surface area contributed by atoms with Crippen LogP contribution in [0.25, 0.3) is 0 Å². The van der Waals surface area contributed by atoms with Crippen molar-refractivity contribution in [3.8, 4) is 5.75 Å². The Labute approximate surface area is 201 Å². The van der Waals surface area contributed by atoms with Gasteiger partial charge in [-0.1, -0.05) is 12.1 Å². The number of carbonyl (C=O) groups is 2. The van der Waals surface area contributed by atoms with Crippen molar-refractivity contribution in [2.24, 2.45) is 0 Å². The Morgan fingerprint density at radius 1 is 1.03 bits per heavy atom. The molecular formula is C25H33ClN4O3. The number of carbonyl (C=O) groups excluding carboxylic acids is 2. The Bertz CT molecular complexity index is 970. The molecule has 1 fully saturated rings. The molecular weight excluding hydrogens is 440 g/mol. The highest BCUT2D eigenvalue weighted by molar-refractivity contribution is 6.32. The number of halogens is 1. The van der Waals surface area contributed by atoms with E-state index in [0.29, 0.717) is 24.3 Å². The molecule has 1 saturated heterocycles. The van der Waals surface area contributed by atoms with Crippen molar-refractivity contribution in [3.63, 3.8) is 0 Å². The SMILES string of the molecule is CCN(CC)C(=O)c1cc(NC(=O)C(C)Cl)ccc1N1CCN(c2ccccc2OC)CC1. The number of benzene rings is 2. The highest BCUT2D eigenvalue weighted by Gasteiger charge is 2.25. The lowest BCUT2D eigenvalue weighted by Crippen LogP contribution is -2.47. The lowest BCUT2D eigenvalue weighted by atomic mass is 10.1. The molecule has 2 aromatic rings. The second-order valence-electron chi connectivity index (χ2n) is 7.96. The van der Waals surface area contributed by atoms with E-state index in [9.17, 15) is 9.59 Å². The summed E-state index contributed by atoms with van der Waals surface area (Å²) in [5.74, 6) is 0.519. The zero-order chi connectivity index (χ0) is 24.0. The van der Waals surface area contributed by atoms with Gasteiger partial charge in [-0.3, -0.25) is 9.59 Å². The largest absolute Gasteiger partial charge is 0.495 e. The van der Waals surface area contributed by atoms with Gasteiger partial charge in [0.2, 0.25) is 5.91 Å². The minimum absolute atomic E-state index is 0.0443. The van der Waals surface area contributed by atoms with Crippen molar-refractivity contribution >= 4 is 40.5 Å². The van der Waals surface area contributed by atoms with Crippen LogP contribution in [0.2, 0.25) is 0 Å². The molecule has 1 aliphatic heterocycles. The molecule has 0 bridgehead atoms. The molecule has 0 spiro atoms. The predicted molar refractivity (Wildman–Crippen MR) is 135 cm³/mol. The Hall–Kier alpha value is -2.93. The Morgan fingerprint density at radius 3 is 2.21 bits per heavy atom. The van der Waals surface area contributed by atoms with Crippen molar-refractivity contribution in [3.05, 3.63) is 48.0 Å². The third kappa shape index (κ3) is 5.71. The summed E-state index contributed by atoms with van der Waals surface area (Å²) < 4.78 is 5.52. The first-order chi connectivity index (χ1) is 15.9. The Kier molecular flexibility index (Phi) is 8.44. The van der Waals surface area contributed by atoms with Crippen LogP contribution in [0.4, 0.5) is 17.1 Å². The molecule has 7 nitrogen and oxygen atoms in total. The lowest BCUT2D eigenvalue weighted by molar-refractivity contribution is -0.115. The fraction of sp³-hybridized carbons (Fsp3) is 0.440. The molecule has 0 aliphatic carbocycles. The molecule has 178 valence electrons. The van der Waals surface area contributed by atoms with Gasteiger partial charge in [0.05, 0.1) is 18.4 Å². The molecule has 1 N–H and O–H groups in total. The number of hydrogen-bond acceptors (Lipinski definition) is 5. The summed E-state index contributed by atoms with van der Waals surface area (Å²) in [5, 5.41) is 2.14. The first-order valence-corrected chi connectivity index (χ1v) is 11.8. The van der Waals surface area contributed by atoms with Crippen LogP contribution in [-0.2, 0) is 4.79 Å². The van der Waals surface area contributed by atoms with E-state index in [1.165, 1.54) is 0 Å². The number of nitrogens with one attached hydrogen (secondary N) is 1. The van der Waals surface area contributed by atoms with Crippen molar-refractivity contribution in [1.29, 1.82) is 0 Å². The molecule has 3 rings (SSSR count). The summed E-state index contributed by atoms with van der Waals surface area (Å²) in [6, 6.07) is 13.5. The molecule has 0 saturated carbocycles. The molecule has 33 heavy (non-hydrogen) atoms. The van der Waals surface area contributed by atoms with Gasteiger partial charge in [0.15, 0.2) is 0 Å². The number of piperazine rings is 1. The molecule has 0 aromatic heterocycles. The van der Waals surface area contributed by atoms with E-state index >= 15 is 0 Å². The topological polar surface area (TPSA) is 65.1 Å². The van der Waals surface area contributed by atoms with Gasteiger partial charge in [0.1, 0.15) is 11.1 Å². The molecule has 2 amide bonds. The second kappa shape index (κ2) is 11.3. The van der Waals surface area contributed by atoms with E-state index in [0.717, 1.165) is 43.3 Å². The third-order valence-corrected chi connectivity index (χ3v) is 6.15. The van der Waals surface area contributed by atoms with Crippen molar-refractivity contribution in [2.45, 2.75) is 26.1 Å². The van der Waals surface area contributed by atoms with Gasteiger partial charge in [-0.05, 0) is 51.1 Å². The van der Waals surface area contributed by atoms with E-state index < -0.39 is 5.38 Å². The van der Waals surface area contributed by atoms with Crippen LogP contribution >= 0.6 is 11.6 Å².